The molecule has 0 spiro atoms. The van der Waals surface area contributed by atoms with Crippen LogP contribution in [0.5, 0.6) is 0 Å². The molecule has 2 heterocycles. The molecule has 2 N–H and O–H groups in total. The van der Waals surface area contributed by atoms with Crippen LogP contribution in [-0.2, 0) is 4.74 Å². The molecule has 3 rings (SSSR count). The van der Waals surface area contributed by atoms with Crippen molar-refractivity contribution in [1.29, 1.82) is 0 Å². The van der Waals surface area contributed by atoms with Gasteiger partial charge in [0.2, 0.25) is 0 Å². The Balaban J connectivity index is 1.49. The number of urea groups is 1. The highest BCUT2D eigenvalue weighted by atomic mass is 16.5. The molecule has 1 aromatic rings. The molecular formula is C19H26N4O4. The highest BCUT2D eigenvalue weighted by Gasteiger charge is 2.29. The number of esters is 1. The second-order valence-electron chi connectivity index (χ2n) is 7.17. The van der Waals surface area contributed by atoms with Crippen molar-refractivity contribution in [3.05, 3.63) is 35.4 Å². The van der Waals surface area contributed by atoms with Crippen LogP contribution >= 0.6 is 0 Å². The summed E-state index contributed by atoms with van der Waals surface area (Å²) in [6.07, 6.45) is 1.69. The third-order valence-corrected chi connectivity index (χ3v) is 5.09. The van der Waals surface area contributed by atoms with E-state index in [1.165, 1.54) is 7.11 Å². The highest BCUT2D eigenvalue weighted by Crippen LogP contribution is 2.15. The van der Waals surface area contributed by atoms with Crippen molar-refractivity contribution in [2.75, 3.05) is 40.3 Å². The first kappa shape index (κ1) is 19.2. The molecule has 0 saturated carbocycles. The molecule has 2 aliphatic rings. The Kier molecular flexibility index (Phi) is 5.95. The van der Waals surface area contributed by atoms with E-state index in [2.05, 4.69) is 20.3 Å². The van der Waals surface area contributed by atoms with E-state index in [1.807, 2.05) is 7.05 Å². The van der Waals surface area contributed by atoms with Gasteiger partial charge in [-0.25, -0.2) is 9.59 Å². The molecule has 1 aromatic carbocycles. The topological polar surface area (TPSA) is 91.0 Å². The van der Waals surface area contributed by atoms with Gasteiger partial charge >= 0.3 is 12.0 Å². The summed E-state index contributed by atoms with van der Waals surface area (Å²) in [7, 11) is 3.36. The largest absolute Gasteiger partial charge is 0.465 e. The summed E-state index contributed by atoms with van der Waals surface area (Å²) >= 11 is 0. The first-order chi connectivity index (χ1) is 13.0. The monoisotopic (exact) mass is 374 g/mol. The van der Waals surface area contributed by atoms with Crippen LogP contribution in [0.25, 0.3) is 0 Å². The van der Waals surface area contributed by atoms with Crippen molar-refractivity contribution in [1.82, 2.24) is 20.4 Å². The predicted octanol–water partition coefficient (Wildman–Crippen LogP) is 0.691. The molecule has 146 valence electrons. The zero-order valence-electron chi connectivity index (χ0n) is 15.7. The Morgan fingerprint density at radius 2 is 1.56 bits per heavy atom. The van der Waals surface area contributed by atoms with Gasteiger partial charge in [-0.1, -0.05) is 0 Å². The zero-order valence-corrected chi connectivity index (χ0v) is 15.7. The van der Waals surface area contributed by atoms with Crippen LogP contribution in [0.1, 0.15) is 33.6 Å². The number of nitrogens with zero attached hydrogens (tertiary/aromatic N) is 2. The molecule has 2 aliphatic heterocycles. The maximum atomic E-state index is 12.6. The molecule has 1 unspecified atom stereocenters. The zero-order chi connectivity index (χ0) is 19.4. The summed E-state index contributed by atoms with van der Waals surface area (Å²) in [6.45, 7) is 2.93. The van der Waals surface area contributed by atoms with Gasteiger partial charge in [-0.3, -0.25) is 4.79 Å². The van der Waals surface area contributed by atoms with Crippen LogP contribution in [-0.4, -0.2) is 80.1 Å². The van der Waals surface area contributed by atoms with Crippen LogP contribution in [0.3, 0.4) is 0 Å². The molecule has 8 heteroatoms. The third-order valence-electron chi connectivity index (χ3n) is 5.09. The Morgan fingerprint density at radius 3 is 2.15 bits per heavy atom. The van der Waals surface area contributed by atoms with E-state index in [1.54, 1.807) is 29.2 Å². The van der Waals surface area contributed by atoms with E-state index in [-0.39, 0.29) is 24.0 Å². The molecule has 2 fully saturated rings. The summed E-state index contributed by atoms with van der Waals surface area (Å²) in [4.78, 5) is 40.2. The average Bonchev–Trinajstić information content (AvgIpc) is 3.29. The van der Waals surface area contributed by atoms with Gasteiger partial charge in [-0.2, -0.15) is 0 Å². The lowest BCUT2D eigenvalue weighted by molar-refractivity contribution is 0.0600. The smallest absolute Gasteiger partial charge is 0.337 e. The second kappa shape index (κ2) is 8.39. The number of hydrogen-bond donors (Lipinski definition) is 2. The van der Waals surface area contributed by atoms with Gasteiger partial charge in [0, 0.05) is 37.3 Å². The molecule has 3 amide bonds. The number of likely N-dealkylation sites (N-methyl/N-ethyl adjacent to an activating group) is 1. The summed E-state index contributed by atoms with van der Waals surface area (Å²) < 4.78 is 4.66. The number of rotatable bonds is 4. The van der Waals surface area contributed by atoms with Gasteiger partial charge in [0.05, 0.1) is 12.7 Å². The summed E-state index contributed by atoms with van der Waals surface area (Å²) in [6, 6.07) is 6.37. The van der Waals surface area contributed by atoms with Crippen LogP contribution in [0, 0.1) is 0 Å². The van der Waals surface area contributed by atoms with Crippen molar-refractivity contribution in [3.8, 4) is 0 Å². The third kappa shape index (κ3) is 4.77. The van der Waals surface area contributed by atoms with E-state index < -0.39 is 5.97 Å². The summed E-state index contributed by atoms with van der Waals surface area (Å²) in [5.41, 5.74) is 0.922. The lowest BCUT2D eigenvalue weighted by Gasteiger charge is -2.19. The Bertz CT molecular complexity index is 706. The fraction of sp³-hybridized carbons (Fsp3) is 0.526. The molecule has 0 aliphatic carbocycles. The molecule has 27 heavy (non-hydrogen) atoms. The van der Waals surface area contributed by atoms with Gasteiger partial charge in [-0.05, 0) is 50.7 Å². The molecule has 2 atom stereocenters. The number of hydrogen-bond acceptors (Lipinski definition) is 5. The van der Waals surface area contributed by atoms with Crippen LogP contribution in [0.4, 0.5) is 4.79 Å². The van der Waals surface area contributed by atoms with Crippen LogP contribution in [0.15, 0.2) is 24.3 Å². The minimum absolute atomic E-state index is 0.0533. The highest BCUT2D eigenvalue weighted by molar-refractivity contribution is 5.96. The number of carbonyl (C=O) groups is 3. The minimum atomic E-state index is -0.432. The van der Waals surface area contributed by atoms with Crippen molar-refractivity contribution in [2.45, 2.75) is 24.9 Å². The lowest BCUT2D eigenvalue weighted by atomic mass is 10.1. The van der Waals surface area contributed by atoms with E-state index in [0.29, 0.717) is 24.2 Å². The number of methoxy groups -OCH3 is 1. The maximum Gasteiger partial charge on any atom is 0.337 e. The molecule has 2 saturated heterocycles. The van der Waals surface area contributed by atoms with Gasteiger partial charge in [0.1, 0.15) is 0 Å². The Labute approximate surface area is 158 Å². The molecule has 0 radical (unpaired) electrons. The Morgan fingerprint density at radius 1 is 0.963 bits per heavy atom. The van der Waals surface area contributed by atoms with Gasteiger partial charge in [0.25, 0.3) is 5.91 Å². The van der Waals surface area contributed by atoms with E-state index in [0.717, 1.165) is 25.9 Å². The van der Waals surface area contributed by atoms with E-state index >= 15 is 0 Å². The number of nitrogens with one attached hydrogen (secondary N) is 2. The lowest BCUT2D eigenvalue weighted by Crippen LogP contribution is -2.48. The summed E-state index contributed by atoms with van der Waals surface area (Å²) in [5, 5.41) is 5.96. The van der Waals surface area contributed by atoms with Gasteiger partial charge < -0.3 is 25.2 Å². The average molecular weight is 374 g/mol. The first-order valence-electron chi connectivity index (χ1n) is 9.19. The quantitative estimate of drug-likeness (QED) is 0.757. The number of carbonyl (C=O) groups excluding carboxylic acids is 3. The predicted molar refractivity (Wildman–Crippen MR) is 99.7 cm³/mol. The number of likely N-dealkylation sites (tertiary alicyclic amines) is 2. The van der Waals surface area contributed by atoms with Crippen molar-refractivity contribution in [2.24, 2.45) is 0 Å². The van der Waals surface area contributed by atoms with Crippen molar-refractivity contribution in [3.63, 3.8) is 0 Å². The summed E-state index contributed by atoms with van der Waals surface area (Å²) in [5.74, 6) is -0.535. The Hall–Kier alpha value is -2.61. The van der Waals surface area contributed by atoms with Crippen LogP contribution < -0.4 is 10.6 Å². The van der Waals surface area contributed by atoms with Crippen LogP contribution in [0.2, 0.25) is 0 Å². The number of benzene rings is 1. The SMILES string of the molecule is COC(=O)c1ccc(C(=O)N2CC[C@@H](NC(=O)NC3CCN(C)C3)C2)cc1. The van der Waals surface area contributed by atoms with Crippen molar-refractivity contribution < 1.29 is 19.1 Å². The van der Waals surface area contributed by atoms with Gasteiger partial charge in [-0.15, -0.1) is 0 Å². The van der Waals surface area contributed by atoms with Gasteiger partial charge in [0.15, 0.2) is 0 Å². The molecule has 0 aromatic heterocycles. The first-order valence-corrected chi connectivity index (χ1v) is 9.19. The fourth-order valence-corrected chi connectivity index (χ4v) is 3.58. The standard InChI is InChI=1S/C19H26N4O4/c1-22-9-7-15(11-22)20-19(26)21-16-8-10-23(12-16)17(24)13-3-5-14(6-4-13)18(25)27-2/h3-6,15-16H,7-12H2,1-2H3,(H2,20,21,26)/t15?,16-/m1/s1. The molecule has 0 bridgehead atoms. The molecule has 8 nitrogen and oxygen atoms in total. The second-order valence-corrected chi connectivity index (χ2v) is 7.17. The maximum absolute atomic E-state index is 12.6. The number of ether oxygens (including phenoxy) is 1. The molecular weight excluding hydrogens is 348 g/mol. The van der Waals surface area contributed by atoms with E-state index in [4.69, 9.17) is 0 Å². The van der Waals surface area contributed by atoms with Crippen molar-refractivity contribution >= 4 is 17.9 Å². The minimum Gasteiger partial charge on any atom is -0.465 e. The van der Waals surface area contributed by atoms with E-state index in [9.17, 15) is 14.4 Å². The number of amides is 3. The fourth-order valence-electron chi connectivity index (χ4n) is 3.58. The normalized spacial score (nSPS) is 22.5.